The molecule has 3 nitrogen and oxygen atoms in total. The first kappa shape index (κ1) is 11.1. The molecule has 5 heteroatoms. The zero-order chi connectivity index (χ0) is 11.0. The number of hydrogen-bond donors (Lipinski definition) is 0. The third kappa shape index (κ3) is 1.83. The summed E-state index contributed by atoms with van der Waals surface area (Å²) >= 11 is 3.21. The Morgan fingerprint density at radius 2 is 2.40 bits per heavy atom. The minimum absolute atomic E-state index is 0.140. The molecule has 0 aromatic carbocycles. The van der Waals surface area contributed by atoms with Crippen LogP contribution in [0, 0.1) is 0 Å². The molecule has 0 saturated carbocycles. The molecule has 1 atom stereocenters. The molecule has 0 saturated heterocycles. The Balaban J connectivity index is 2.61. The third-order valence-electron chi connectivity index (χ3n) is 2.46. The number of fused-ring (bicyclic) bond motifs is 1. The molecule has 0 aliphatic carbocycles. The van der Waals surface area contributed by atoms with Crippen molar-refractivity contribution in [3.8, 4) is 0 Å². The van der Waals surface area contributed by atoms with E-state index < -0.39 is 0 Å². The van der Waals surface area contributed by atoms with Crippen LogP contribution in [-0.2, 0) is 13.0 Å². The molecule has 0 spiro atoms. The predicted molar refractivity (Wildman–Crippen MR) is 65.0 cm³/mol. The van der Waals surface area contributed by atoms with Crippen LogP contribution in [0.15, 0.2) is 14.8 Å². The van der Waals surface area contributed by atoms with Gasteiger partial charge >= 0.3 is 0 Å². The highest BCUT2D eigenvalue weighted by molar-refractivity contribution is 8.00. The van der Waals surface area contributed by atoms with Crippen LogP contribution in [0.3, 0.4) is 0 Å². The summed E-state index contributed by atoms with van der Waals surface area (Å²) in [5.74, 6) is 0. The molecular weight excluding hydrogens is 228 g/mol. The number of nitrogens with zero attached hydrogens (tertiary/aromatic N) is 2. The van der Waals surface area contributed by atoms with E-state index >= 15 is 0 Å². The van der Waals surface area contributed by atoms with Crippen LogP contribution in [0.25, 0.3) is 0 Å². The van der Waals surface area contributed by atoms with Crippen molar-refractivity contribution in [1.82, 2.24) is 9.55 Å². The van der Waals surface area contributed by atoms with Crippen LogP contribution in [-0.4, -0.2) is 21.1 Å². The second-order valence-corrected chi connectivity index (χ2v) is 5.78. The standard InChI is InChI=1S/C10H14N2OS2/c1-4-12-9(13)8-7(5-6(2)15-8)11-10(12)14-3/h6H,4-5H2,1-3H3/t6-/m1/s1. The molecule has 1 aliphatic rings. The van der Waals surface area contributed by atoms with Gasteiger partial charge in [0.2, 0.25) is 0 Å². The van der Waals surface area contributed by atoms with Crippen molar-refractivity contribution in [2.75, 3.05) is 6.26 Å². The Bertz CT molecular complexity index is 442. The van der Waals surface area contributed by atoms with E-state index in [2.05, 4.69) is 11.9 Å². The van der Waals surface area contributed by atoms with Gasteiger partial charge in [-0.3, -0.25) is 9.36 Å². The van der Waals surface area contributed by atoms with Crippen molar-refractivity contribution in [3.05, 3.63) is 16.0 Å². The molecule has 2 heterocycles. The maximum Gasteiger partial charge on any atom is 0.268 e. The van der Waals surface area contributed by atoms with Crippen LogP contribution >= 0.6 is 23.5 Å². The van der Waals surface area contributed by atoms with Gasteiger partial charge in [0.05, 0.1) is 10.6 Å². The van der Waals surface area contributed by atoms with Crippen molar-refractivity contribution in [2.24, 2.45) is 0 Å². The van der Waals surface area contributed by atoms with Crippen LogP contribution in [0.5, 0.6) is 0 Å². The van der Waals surface area contributed by atoms with Gasteiger partial charge in [-0.15, -0.1) is 11.8 Å². The molecular formula is C10H14N2OS2. The summed E-state index contributed by atoms with van der Waals surface area (Å²) in [5, 5.41) is 1.33. The van der Waals surface area contributed by atoms with Crippen LogP contribution in [0.1, 0.15) is 19.5 Å². The molecule has 1 aliphatic heterocycles. The van der Waals surface area contributed by atoms with Gasteiger partial charge < -0.3 is 0 Å². The van der Waals surface area contributed by atoms with Crippen molar-refractivity contribution in [1.29, 1.82) is 0 Å². The summed E-state index contributed by atoms with van der Waals surface area (Å²) in [7, 11) is 0. The van der Waals surface area contributed by atoms with Crippen LogP contribution < -0.4 is 5.56 Å². The van der Waals surface area contributed by atoms with Crippen molar-refractivity contribution < 1.29 is 0 Å². The molecule has 1 aromatic heterocycles. The predicted octanol–water partition coefficient (Wildman–Crippen LogP) is 2.02. The van der Waals surface area contributed by atoms with E-state index in [1.165, 1.54) is 0 Å². The summed E-state index contributed by atoms with van der Waals surface area (Å²) in [6, 6.07) is 0. The minimum Gasteiger partial charge on any atom is -0.287 e. The lowest BCUT2D eigenvalue weighted by Gasteiger charge is -2.09. The first-order valence-electron chi connectivity index (χ1n) is 5.01. The average molecular weight is 242 g/mol. The van der Waals surface area contributed by atoms with E-state index in [9.17, 15) is 4.79 Å². The van der Waals surface area contributed by atoms with Crippen molar-refractivity contribution in [2.45, 2.75) is 42.1 Å². The van der Waals surface area contributed by atoms with Gasteiger partial charge in [-0.25, -0.2) is 4.98 Å². The van der Waals surface area contributed by atoms with Crippen LogP contribution in [0.4, 0.5) is 0 Å². The first-order valence-corrected chi connectivity index (χ1v) is 7.12. The van der Waals surface area contributed by atoms with Gasteiger partial charge in [-0.1, -0.05) is 18.7 Å². The summed E-state index contributed by atoms with van der Waals surface area (Å²) in [6.45, 7) is 4.82. The second-order valence-electron chi connectivity index (χ2n) is 3.56. The summed E-state index contributed by atoms with van der Waals surface area (Å²) in [5.41, 5.74) is 1.13. The lowest BCUT2D eigenvalue weighted by Crippen LogP contribution is -2.24. The molecule has 15 heavy (non-hydrogen) atoms. The van der Waals surface area contributed by atoms with E-state index in [0.29, 0.717) is 11.8 Å². The van der Waals surface area contributed by atoms with Gasteiger partial charge in [-0.05, 0) is 13.2 Å². The molecule has 0 fully saturated rings. The molecule has 82 valence electrons. The van der Waals surface area contributed by atoms with Gasteiger partial charge in [0, 0.05) is 18.2 Å². The SMILES string of the molecule is CCn1c(SC)nc2c(c1=O)S[C@H](C)C2. The summed E-state index contributed by atoms with van der Waals surface area (Å²) in [6.07, 6.45) is 2.89. The van der Waals surface area contributed by atoms with Crippen molar-refractivity contribution in [3.63, 3.8) is 0 Å². The normalized spacial score (nSPS) is 19.3. The Kier molecular flexibility index (Phi) is 3.11. The number of rotatable bonds is 2. The minimum atomic E-state index is 0.140. The van der Waals surface area contributed by atoms with Crippen LogP contribution in [0.2, 0.25) is 0 Å². The molecule has 0 radical (unpaired) electrons. The molecule has 0 amide bonds. The Morgan fingerprint density at radius 3 is 3.00 bits per heavy atom. The Hall–Kier alpha value is -0.420. The molecule has 0 unspecified atom stereocenters. The molecule has 2 rings (SSSR count). The molecule has 0 N–H and O–H groups in total. The second kappa shape index (κ2) is 4.22. The van der Waals surface area contributed by atoms with E-state index in [4.69, 9.17) is 0 Å². The fourth-order valence-corrected chi connectivity index (χ4v) is 3.52. The number of hydrogen-bond acceptors (Lipinski definition) is 4. The average Bonchev–Trinajstić information content (AvgIpc) is 2.59. The number of aromatic nitrogens is 2. The Labute approximate surface area is 97.7 Å². The zero-order valence-corrected chi connectivity index (χ0v) is 10.7. The van der Waals surface area contributed by atoms with E-state index in [1.54, 1.807) is 28.1 Å². The van der Waals surface area contributed by atoms with E-state index in [0.717, 1.165) is 22.2 Å². The monoisotopic (exact) mass is 242 g/mol. The maximum absolute atomic E-state index is 12.1. The number of thioether (sulfide) groups is 2. The van der Waals surface area contributed by atoms with E-state index in [-0.39, 0.29) is 5.56 Å². The highest BCUT2D eigenvalue weighted by atomic mass is 32.2. The molecule has 0 bridgehead atoms. The fraction of sp³-hybridized carbons (Fsp3) is 0.600. The lowest BCUT2D eigenvalue weighted by molar-refractivity contribution is 0.596. The van der Waals surface area contributed by atoms with Gasteiger partial charge in [0.15, 0.2) is 5.16 Å². The van der Waals surface area contributed by atoms with Gasteiger partial charge in [0.1, 0.15) is 0 Å². The summed E-state index contributed by atoms with van der Waals surface area (Å²) < 4.78 is 1.76. The lowest BCUT2D eigenvalue weighted by atomic mass is 10.2. The fourth-order valence-electron chi connectivity index (χ4n) is 1.77. The van der Waals surface area contributed by atoms with Gasteiger partial charge in [-0.2, -0.15) is 0 Å². The topological polar surface area (TPSA) is 34.9 Å². The largest absolute Gasteiger partial charge is 0.287 e. The highest BCUT2D eigenvalue weighted by Gasteiger charge is 2.25. The summed E-state index contributed by atoms with van der Waals surface area (Å²) in [4.78, 5) is 17.5. The quantitative estimate of drug-likeness (QED) is 0.587. The molecule has 1 aromatic rings. The van der Waals surface area contributed by atoms with Gasteiger partial charge in [0.25, 0.3) is 5.56 Å². The maximum atomic E-state index is 12.1. The van der Waals surface area contributed by atoms with Crippen molar-refractivity contribution >= 4 is 23.5 Å². The Morgan fingerprint density at radius 1 is 1.67 bits per heavy atom. The van der Waals surface area contributed by atoms with E-state index in [1.807, 2.05) is 13.2 Å². The zero-order valence-electron chi connectivity index (χ0n) is 9.11. The smallest absolute Gasteiger partial charge is 0.268 e. The highest BCUT2D eigenvalue weighted by Crippen LogP contribution is 2.33. The third-order valence-corrected chi connectivity index (χ3v) is 4.35. The first-order chi connectivity index (χ1) is 7.17.